The molecule has 3 aromatic heterocycles. The lowest BCUT2D eigenvalue weighted by Crippen LogP contribution is -2.29. The van der Waals surface area contributed by atoms with Crippen LogP contribution in [0.15, 0.2) is 68.8 Å². The van der Waals surface area contributed by atoms with E-state index in [4.69, 9.17) is 4.42 Å². The van der Waals surface area contributed by atoms with Gasteiger partial charge in [-0.15, -0.1) is 10.2 Å². The number of sulfonamides is 1. The third kappa shape index (κ3) is 4.61. The SMILES string of the molecule is O=c1[nH]c2cc(S(=O)(=O)NCCNc3ccc(Nc4ccccn4)nn3)ccc2o1. The van der Waals surface area contributed by atoms with Crippen LogP contribution in [0.4, 0.5) is 17.5 Å². The molecule has 12 heteroatoms. The van der Waals surface area contributed by atoms with Crippen LogP contribution in [0.25, 0.3) is 11.1 Å². The first kappa shape index (κ1) is 19.5. The Kier molecular flexibility index (Phi) is 5.41. The van der Waals surface area contributed by atoms with Crippen LogP contribution >= 0.6 is 0 Å². The van der Waals surface area contributed by atoms with Gasteiger partial charge in [0.05, 0.1) is 10.4 Å². The highest BCUT2D eigenvalue weighted by atomic mass is 32.2. The second kappa shape index (κ2) is 8.31. The molecule has 0 atom stereocenters. The Hall–Kier alpha value is -3.77. The fraction of sp³-hybridized carbons (Fsp3) is 0.111. The van der Waals surface area contributed by atoms with Crippen molar-refractivity contribution in [3.8, 4) is 0 Å². The van der Waals surface area contributed by atoms with Crippen LogP contribution in [0.1, 0.15) is 0 Å². The molecule has 0 amide bonds. The average Bonchev–Trinajstić information content (AvgIpc) is 3.12. The molecule has 0 radical (unpaired) electrons. The van der Waals surface area contributed by atoms with Crippen LogP contribution < -0.4 is 21.1 Å². The van der Waals surface area contributed by atoms with Gasteiger partial charge in [-0.05, 0) is 42.5 Å². The molecule has 1 aromatic carbocycles. The zero-order valence-electron chi connectivity index (χ0n) is 15.5. The molecule has 0 aliphatic carbocycles. The molecule has 11 nitrogen and oxygen atoms in total. The van der Waals surface area contributed by atoms with Crippen molar-refractivity contribution in [2.24, 2.45) is 0 Å². The molecule has 4 aromatic rings. The van der Waals surface area contributed by atoms with Gasteiger partial charge in [-0.1, -0.05) is 6.07 Å². The number of benzene rings is 1. The molecule has 0 aliphatic rings. The predicted molar refractivity (Wildman–Crippen MR) is 110 cm³/mol. The number of fused-ring (bicyclic) bond motifs is 1. The van der Waals surface area contributed by atoms with Gasteiger partial charge in [-0.2, -0.15) is 0 Å². The second-order valence-corrected chi connectivity index (χ2v) is 7.91. The van der Waals surface area contributed by atoms with E-state index in [1.807, 2.05) is 18.2 Å². The van der Waals surface area contributed by atoms with E-state index in [0.29, 0.717) is 35.1 Å². The number of nitrogens with one attached hydrogen (secondary N) is 4. The first-order valence-corrected chi connectivity index (χ1v) is 10.4. The van der Waals surface area contributed by atoms with Crippen LogP contribution in [0.3, 0.4) is 0 Å². The van der Waals surface area contributed by atoms with Crippen molar-refractivity contribution < 1.29 is 12.8 Å². The molecule has 30 heavy (non-hydrogen) atoms. The van der Waals surface area contributed by atoms with Crippen molar-refractivity contribution in [2.45, 2.75) is 4.90 Å². The van der Waals surface area contributed by atoms with Gasteiger partial charge in [0.1, 0.15) is 11.6 Å². The Balaban J connectivity index is 1.30. The quantitative estimate of drug-likeness (QED) is 0.306. The third-order valence-electron chi connectivity index (χ3n) is 4.01. The number of hydrogen-bond acceptors (Lipinski definition) is 9. The average molecular weight is 427 g/mol. The van der Waals surface area contributed by atoms with E-state index >= 15 is 0 Å². The molecule has 0 saturated carbocycles. The van der Waals surface area contributed by atoms with Gasteiger partial charge < -0.3 is 15.1 Å². The van der Waals surface area contributed by atoms with Crippen LogP contribution in [-0.4, -0.2) is 41.7 Å². The summed E-state index contributed by atoms with van der Waals surface area (Å²) in [6, 6.07) is 13.1. The molecular formula is C18H17N7O4S. The number of pyridine rings is 1. The molecule has 4 rings (SSSR count). The number of hydrogen-bond donors (Lipinski definition) is 4. The summed E-state index contributed by atoms with van der Waals surface area (Å²) in [5.41, 5.74) is 0.607. The van der Waals surface area contributed by atoms with Gasteiger partial charge in [0.15, 0.2) is 11.4 Å². The van der Waals surface area contributed by atoms with E-state index in [-0.39, 0.29) is 11.4 Å². The van der Waals surface area contributed by atoms with Crippen molar-refractivity contribution in [3.05, 3.63) is 65.3 Å². The lowest BCUT2D eigenvalue weighted by atomic mass is 10.3. The number of nitrogens with zero attached hydrogens (tertiary/aromatic N) is 3. The topological polar surface area (TPSA) is 155 Å². The zero-order valence-corrected chi connectivity index (χ0v) is 16.3. The van der Waals surface area contributed by atoms with Gasteiger partial charge in [-0.25, -0.2) is 22.9 Å². The van der Waals surface area contributed by atoms with E-state index in [9.17, 15) is 13.2 Å². The molecule has 0 bridgehead atoms. The van der Waals surface area contributed by atoms with Gasteiger partial charge in [-0.3, -0.25) is 4.98 Å². The lowest BCUT2D eigenvalue weighted by Gasteiger charge is -2.09. The molecule has 4 N–H and O–H groups in total. The minimum atomic E-state index is -3.74. The first-order chi connectivity index (χ1) is 14.5. The maximum Gasteiger partial charge on any atom is 0.417 e. The van der Waals surface area contributed by atoms with Crippen LogP contribution in [-0.2, 0) is 10.0 Å². The van der Waals surface area contributed by atoms with Gasteiger partial charge in [0.2, 0.25) is 10.0 Å². The van der Waals surface area contributed by atoms with Gasteiger partial charge in [0, 0.05) is 19.3 Å². The Labute approximate surface area is 170 Å². The van der Waals surface area contributed by atoms with Gasteiger partial charge >= 0.3 is 5.76 Å². The standard InChI is InChI=1S/C18H17N7O4S/c26-18-22-13-11-12(4-5-14(13)29-18)30(27,28)21-10-9-20-16-6-7-17(25-24-16)23-15-3-1-2-8-19-15/h1-8,11,21H,9-10H2,(H,20,24)(H,22,26)(H,19,23,25). The van der Waals surface area contributed by atoms with Crippen LogP contribution in [0.5, 0.6) is 0 Å². The van der Waals surface area contributed by atoms with E-state index < -0.39 is 15.8 Å². The first-order valence-electron chi connectivity index (χ1n) is 8.88. The van der Waals surface area contributed by atoms with Crippen molar-refractivity contribution in [2.75, 3.05) is 23.7 Å². The highest BCUT2D eigenvalue weighted by molar-refractivity contribution is 7.89. The van der Waals surface area contributed by atoms with Crippen LogP contribution in [0, 0.1) is 0 Å². The van der Waals surface area contributed by atoms with Crippen molar-refractivity contribution in [1.82, 2.24) is 24.9 Å². The Morgan fingerprint density at radius 2 is 1.80 bits per heavy atom. The van der Waals surface area contributed by atoms with E-state index in [1.165, 1.54) is 18.2 Å². The van der Waals surface area contributed by atoms with E-state index in [0.717, 1.165) is 0 Å². The van der Waals surface area contributed by atoms with Crippen molar-refractivity contribution in [1.29, 1.82) is 0 Å². The zero-order chi connectivity index (χ0) is 21.0. The molecule has 154 valence electrons. The summed E-state index contributed by atoms with van der Waals surface area (Å²) in [5, 5.41) is 14.1. The monoisotopic (exact) mass is 427 g/mol. The Morgan fingerprint density at radius 3 is 2.57 bits per heavy atom. The van der Waals surface area contributed by atoms with Crippen LogP contribution in [0.2, 0.25) is 0 Å². The summed E-state index contributed by atoms with van der Waals surface area (Å²) in [4.78, 5) is 17.8. The molecule has 0 saturated heterocycles. The van der Waals surface area contributed by atoms with E-state index in [2.05, 4.69) is 35.5 Å². The summed E-state index contributed by atoms with van der Waals surface area (Å²) in [6.07, 6.45) is 1.67. The summed E-state index contributed by atoms with van der Waals surface area (Å²) >= 11 is 0. The predicted octanol–water partition coefficient (Wildman–Crippen LogP) is 1.44. The summed E-state index contributed by atoms with van der Waals surface area (Å²) in [5.74, 6) is 1.05. The summed E-state index contributed by atoms with van der Waals surface area (Å²) in [7, 11) is -3.74. The lowest BCUT2D eigenvalue weighted by molar-refractivity contribution is 0.555. The maximum absolute atomic E-state index is 12.4. The number of anilines is 3. The minimum absolute atomic E-state index is 0.0248. The highest BCUT2D eigenvalue weighted by Crippen LogP contribution is 2.16. The number of H-pyrrole nitrogens is 1. The fourth-order valence-electron chi connectivity index (χ4n) is 2.62. The maximum atomic E-state index is 12.4. The largest absolute Gasteiger partial charge is 0.417 e. The molecule has 0 spiro atoms. The fourth-order valence-corrected chi connectivity index (χ4v) is 3.68. The Bertz CT molecular complexity index is 1300. The highest BCUT2D eigenvalue weighted by Gasteiger charge is 2.15. The molecule has 0 fully saturated rings. The molecule has 3 heterocycles. The third-order valence-corrected chi connectivity index (χ3v) is 5.47. The van der Waals surface area contributed by atoms with Crippen molar-refractivity contribution in [3.63, 3.8) is 0 Å². The van der Waals surface area contributed by atoms with E-state index in [1.54, 1.807) is 18.3 Å². The normalized spacial score (nSPS) is 11.5. The molecule has 0 unspecified atom stereocenters. The summed E-state index contributed by atoms with van der Waals surface area (Å²) in [6.45, 7) is 0.420. The van der Waals surface area contributed by atoms with Crippen molar-refractivity contribution >= 4 is 38.6 Å². The number of aromatic amines is 1. The smallest absolute Gasteiger partial charge is 0.408 e. The second-order valence-electron chi connectivity index (χ2n) is 6.14. The summed E-state index contributed by atoms with van der Waals surface area (Å²) < 4.78 is 32.2. The molecule has 0 aliphatic heterocycles. The Morgan fingerprint density at radius 1 is 0.967 bits per heavy atom. The van der Waals surface area contributed by atoms with Gasteiger partial charge in [0.25, 0.3) is 0 Å². The minimum Gasteiger partial charge on any atom is -0.408 e. The number of rotatable bonds is 8. The molecular weight excluding hydrogens is 410 g/mol. The number of oxazole rings is 1. The number of aromatic nitrogens is 4.